The zero-order valence-corrected chi connectivity index (χ0v) is 13.0. The van der Waals surface area contributed by atoms with Gasteiger partial charge in [-0.25, -0.2) is 0 Å². The van der Waals surface area contributed by atoms with Gasteiger partial charge in [-0.05, 0) is 29.5 Å². The van der Waals surface area contributed by atoms with E-state index in [1.54, 1.807) is 0 Å². The van der Waals surface area contributed by atoms with Crippen molar-refractivity contribution in [2.24, 2.45) is 5.41 Å². The Bertz CT molecular complexity index is 420. The van der Waals surface area contributed by atoms with Crippen LogP contribution in [0.4, 0.5) is 0 Å². The maximum atomic E-state index is 6.20. The van der Waals surface area contributed by atoms with Gasteiger partial charge in [-0.2, -0.15) is 0 Å². The van der Waals surface area contributed by atoms with Gasteiger partial charge in [0.2, 0.25) is 0 Å². The summed E-state index contributed by atoms with van der Waals surface area (Å²) in [5.41, 5.74) is 1.30. The smallest absolute Gasteiger partial charge is 0.0462 e. The van der Waals surface area contributed by atoms with E-state index in [0.717, 1.165) is 28.0 Å². The first-order valence-electron chi connectivity index (χ1n) is 5.72. The molecule has 1 N–H and O–H groups in total. The molecule has 1 fully saturated rings. The van der Waals surface area contributed by atoms with Gasteiger partial charge in [-0.3, -0.25) is 0 Å². The van der Waals surface area contributed by atoms with E-state index in [-0.39, 0.29) is 10.8 Å². The van der Waals surface area contributed by atoms with Gasteiger partial charge in [0.05, 0.1) is 0 Å². The molecule has 1 aromatic rings. The molecule has 0 bridgehead atoms. The maximum Gasteiger partial charge on any atom is 0.0462 e. The predicted molar refractivity (Wildman–Crippen MR) is 77.8 cm³/mol. The van der Waals surface area contributed by atoms with Crippen molar-refractivity contribution in [2.45, 2.75) is 38.2 Å². The third-order valence-corrected chi connectivity index (χ3v) is 5.29. The third kappa shape index (κ3) is 2.81. The molecule has 0 saturated heterocycles. The van der Waals surface area contributed by atoms with E-state index in [9.17, 15) is 0 Å². The number of hydrogen-bond donors (Lipinski definition) is 1. The Kier molecular flexibility index (Phi) is 4.09. The minimum absolute atomic E-state index is 0.170. The van der Waals surface area contributed by atoms with Crippen LogP contribution in [0.5, 0.6) is 0 Å². The van der Waals surface area contributed by atoms with Crippen molar-refractivity contribution in [3.05, 3.63) is 33.3 Å². The van der Waals surface area contributed by atoms with Crippen LogP contribution in [-0.2, 0) is 6.54 Å². The SMILES string of the molecule is CC1(C)C(Cl)CC1NCc1ccc(Br)cc1Cl. The van der Waals surface area contributed by atoms with Crippen molar-refractivity contribution in [1.29, 1.82) is 0 Å². The normalized spacial score (nSPS) is 26.6. The third-order valence-electron chi connectivity index (χ3n) is 3.70. The van der Waals surface area contributed by atoms with Crippen molar-refractivity contribution in [3.63, 3.8) is 0 Å². The molecular weight excluding hydrogens is 321 g/mol. The molecule has 0 spiro atoms. The van der Waals surface area contributed by atoms with Crippen molar-refractivity contribution in [2.75, 3.05) is 0 Å². The molecule has 2 rings (SSSR count). The summed E-state index contributed by atoms with van der Waals surface area (Å²) in [7, 11) is 0. The van der Waals surface area contributed by atoms with E-state index in [1.165, 1.54) is 0 Å². The lowest BCUT2D eigenvalue weighted by molar-refractivity contribution is 0.115. The Hall–Kier alpha value is 0.240. The molecule has 0 aliphatic heterocycles. The summed E-state index contributed by atoms with van der Waals surface area (Å²) in [6.07, 6.45) is 1.03. The molecule has 0 amide bonds. The molecule has 17 heavy (non-hydrogen) atoms. The number of alkyl halides is 1. The molecule has 1 aromatic carbocycles. The highest BCUT2D eigenvalue weighted by Gasteiger charge is 2.46. The molecule has 94 valence electrons. The van der Waals surface area contributed by atoms with E-state index in [4.69, 9.17) is 23.2 Å². The first-order valence-corrected chi connectivity index (χ1v) is 7.33. The monoisotopic (exact) mass is 335 g/mol. The minimum Gasteiger partial charge on any atom is -0.309 e. The lowest BCUT2D eigenvalue weighted by atomic mass is 9.67. The lowest BCUT2D eigenvalue weighted by Crippen LogP contribution is -2.57. The molecule has 0 aromatic heterocycles. The van der Waals surface area contributed by atoms with Crippen LogP contribution in [0.3, 0.4) is 0 Å². The molecule has 0 radical (unpaired) electrons. The van der Waals surface area contributed by atoms with Gasteiger partial charge in [-0.1, -0.05) is 47.4 Å². The van der Waals surface area contributed by atoms with E-state index in [0.29, 0.717) is 6.04 Å². The Morgan fingerprint density at radius 2 is 2.18 bits per heavy atom. The molecule has 1 saturated carbocycles. The lowest BCUT2D eigenvalue weighted by Gasteiger charge is -2.49. The van der Waals surface area contributed by atoms with E-state index < -0.39 is 0 Å². The quantitative estimate of drug-likeness (QED) is 0.795. The number of halogens is 3. The van der Waals surface area contributed by atoms with Crippen LogP contribution in [-0.4, -0.2) is 11.4 Å². The zero-order chi connectivity index (χ0) is 12.6. The van der Waals surface area contributed by atoms with E-state index in [1.807, 2.05) is 18.2 Å². The summed E-state index contributed by atoms with van der Waals surface area (Å²) in [6, 6.07) is 6.46. The average molecular weight is 337 g/mol. The summed E-state index contributed by atoms with van der Waals surface area (Å²) < 4.78 is 1.01. The van der Waals surface area contributed by atoms with Gasteiger partial charge >= 0.3 is 0 Å². The topological polar surface area (TPSA) is 12.0 Å². The van der Waals surface area contributed by atoms with Gasteiger partial charge in [0, 0.05) is 27.5 Å². The number of hydrogen-bond acceptors (Lipinski definition) is 1. The molecule has 2 unspecified atom stereocenters. The second-order valence-corrected chi connectivity index (χ2v) is 7.04. The standard InChI is InChI=1S/C13H16BrCl2N/c1-13(2)11(16)6-12(13)17-7-8-3-4-9(14)5-10(8)15/h3-5,11-12,17H,6-7H2,1-2H3. The van der Waals surface area contributed by atoms with Crippen molar-refractivity contribution < 1.29 is 0 Å². The Balaban J connectivity index is 1.95. The predicted octanol–water partition coefficient (Wildman–Crippen LogP) is 4.60. The molecule has 1 aliphatic carbocycles. The largest absolute Gasteiger partial charge is 0.309 e. The van der Waals surface area contributed by atoms with Crippen LogP contribution in [0.2, 0.25) is 5.02 Å². The second-order valence-electron chi connectivity index (χ2n) is 5.19. The average Bonchev–Trinajstić information content (AvgIpc) is 2.26. The summed E-state index contributed by atoms with van der Waals surface area (Å²) in [5.74, 6) is 0. The zero-order valence-electron chi connectivity index (χ0n) is 9.93. The van der Waals surface area contributed by atoms with Crippen LogP contribution < -0.4 is 5.32 Å². The molecule has 0 heterocycles. The van der Waals surface area contributed by atoms with Crippen LogP contribution >= 0.6 is 39.1 Å². The Morgan fingerprint density at radius 3 is 2.71 bits per heavy atom. The molecule has 2 atom stereocenters. The van der Waals surface area contributed by atoms with Crippen molar-refractivity contribution >= 4 is 39.1 Å². The van der Waals surface area contributed by atoms with Gasteiger partial charge in [0.15, 0.2) is 0 Å². The van der Waals surface area contributed by atoms with Crippen LogP contribution in [0.25, 0.3) is 0 Å². The highest BCUT2D eigenvalue weighted by atomic mass is 79.9. The number of nitrogens with one attached hydrogen (secondary N) is 1. The number of benzene rings is 1. The Labute approximate surface area is 121 Å². The highest BCUT2D eigenvalue weighted by Crippen LogP contribution is 2.44. The molecule has 1 aliphatic rings. The van der Waals surface area contributed by atoms with Crippen molar-refractivity contribution in [1.82, 2.24) is 5.32 Å². The van der Waals surface area contributed by atoms with Gasteiger partial charge < -0.3 is 5.32 Å². The fourth-order valence-electron chi connectivity index (χ4n) is 2.12. The number of rotatable bonds is 3. The van der Waals surface area contributed by atoms with Gasteiger partial charge in [0.25, 0.3) is 0 Å². The van der Waals surface area contributed by atoms with Crippen molar-refractivity contribution in [3.8, 4) is 0 Å². The maximum absolute atomic E-state index is 6.20. The van der Waals surface area contributed by atoms with Crippen LogP contribution in [0.15, 0.2) is 22.7 Å². The fourth-order valence-corrected chi connectivity index (χ4v) is 3.19. The molecular formula is C13H16BrCl2N. The Morgan fingerprint density at radius 1 is 1.47 bits per heavy atom. The molecule has 4 heteroatoms. The fraction of sp³-hybridized carbons (Fsp3) is 0.538. The van der Waals surface area contributed by atoms with Crippen LogP contribution in [0, 0.1) is 5.41 Å². The molecule has 1 nitrogen and oxygen atoms in total. The van der Waals surface area contributed by atoms with Gasteiger partial charge in [-0.15, -0.1) is 11.6 Å². The summed E-state index contributed by atoms with van der Waals surface area (Å²) in [6.45, 7) is 5.20. The van der Waals surface area contributed by atoms with Gasteiger partial charge in [0.1, 0.15) is 0 Å². The van der Waals surface area contributed by atoms with E-state index >= 15 is 0 Å². The van der Waals surface area contributed by atoms with Crippen LogP contribution in [0.1, 0.15) is 25.8 Å². The minimum atomic E-state index is 0.170. The summed E-state index contributed by atoms with van der Waals surface area (Å²) in [5, 5.41) is 4.61. The first-order chi connectivity index (χ1) is 7.91. The summed E-state index contributed by atoms with van der Waals surface area (Å²) in [4.78, 5) is 0. The summed E-state index contributed by atoms with van der Waals surface area (Å²) >= 11 is 15.8. The highest BCUT2D eigenvalue weighted by molar-refractivity contribution is 9.10. The first kappa shape index (κ1) is 13.7. The van der Waals surface area contributed by atoms with E-state index in [2.05, 4.69) is 35.1 Å². The second kappa shape index (κ2) is 5.08.